The molecule has 0 saturated heterocycles. The number of carbonyl (C=O) groups excluding carboxylic acids is 1. The Morgan fingerprint density at radius 3 is 2.35 bits per heavy atom. The van der Waals surface area contributed by atoms with Gasteiger partial charge in [-0.05, 0) is 30.7 Å². The third-order valence-corrected chi connectivity index (χ3v) is 4.86. The van der Waals surface area contributed by atoms with Gasteiger partial charge in [-0.1, -0.05) is 31.4 Å². The second-order valence-electron chi connectivity index (χ2n) is 3.82. The van der Waals surface area contributed by atoms with Gasteiger partial charge in [-0.25, -0.2) is 8.42 Å². The molecule has 17 heavy (non-hydrogen) atoms. The van der Waals surface area contributed by atoms with E-state index >= 15 is 0 Å². The van der Waals surface area contributed by atoms with Gasteiger partial charge >= 0.3 is 0 Å². The molecule has 94 valence electrons. The minimum Gasteiger partial charge on any atom is -0.302 e. The van der Waals surface area contributed by atoms with E-state index in [1.807, 2.05) is 6.92 Å². The molecular weight excluding hydrogens is 260 g/mol. The summed E-state index contributed by atoms with van der Waals surface area (Å²) < 4.78 is 24.2. The van der Waals surface area contributed by atoms with Crippen LogP contribution >= 0.6 is 11.6 Å². The fraction of sp³-hybridized carbons (Fsp3) is 0.417. The number of sulfone groups is 1. The zero-order valence-electron chi connectivity index (χ0n) is 9.60. The SMILES string of the molecule is CCCCC(C=O)S(=O)(=O)c1ccc(Cl)cc1. The van der Waals surface area contributed by atoms with Crippen molar-refractivity contribution in [3.63, 3.8) is 0 Å². The molecule has 0 aliphatic rings. The smallest absolute Gasteiger partial charge is 0.188 e. The van der Waals surface area contributed by atoms with Crippen LogP contribution in [0.2, 0.25) is 5.02 Å². The van der Waals surface area contributed by atoms with Gasteiger partial charge in [-0.2, -0.15) is 0 Å². The van der Waals surface area contributed by atoms with Gasteiger partial charge in [0.25, 0.3) is 0 Å². The summed E-state index contributed by atoms with van der Waals surface area (Å²) >= 11 is 5.69. The first-order valence-corrected chi connectivity index (χ1v) is 7.39. The van der Waals surface area contributed by atoms with Crippen molar-refractivity contribution in [1.82, 2.24) is 0 Å². The zero-order chi connectivity index (χ0) is 12.9. The summed E-state index contributed by atoms with van der Waals surface area (Å²) in [5, 5.41) is -0.483. The minimum atomic E-state index is -3.57. The third-order valence-electron chi connectivity index (χ3n) is 2.53. The Labute approximate surface area is 107 Å². The van der Waals surface area contributed by atoms with Crippen molar-refractivity contribution in [3.8, 4) is 0 Å². The summed E-state index contributed by atoms with van der Waals surface area (Å²) in [7, 11) is -3.57. The topological polar surface area (TPSA) is 51.2 Å². The Bertz CT molecular complexity index is 465. The van der Waals surface area contributed by atoms with Crippen LogP contribution < -0.4 is 0 Å². The van der Waals surface area contributed by atoms with E-state index in [0.29, 0.717) is 17.7 Å². The van der Waals surface area contributed by atoms with Crippen LogP contribution in [0.1, 0.15) is 26.2 Å². The summed E-state index contributed by atoms with van der Waals surface area (Å²) in [5.74, 6) is 0. The van der Waals surface area contributed by atoms with Gasteiger partial charge < -0.3 is 4.79 Å². The van der Waals surface area contributed by atoms with Crippen molar-refractivity contribution < 1.29 is 13.2 Å². The molecule has 1 aromatic carbocycles. The molecule has 0 saturated carbocycles. The molecule has 5 heteroatoms. The van der Waals surface area contributed by atoms with Crippen molar-refractivity contribution in [2.45, 2.75) is 36.3 Å². The Morgan fingerprint density at radius 2 is 1.88 bits per heavy atom. The highest BCUT2D eigenvalue weighted by molar-refractivity contribution is 7.92. The second-order valence-corrected chi connectivity index (χ2v) is 6.42. The van der Waals surface area contributed by atoms with E-state index in [2.05, 4.69) is 0 Å². The van der Waals surface area contributed by atoms with Crippen LogP contribution in [-0.2, 0) is 14.6 Å². The molecule has 0 aliphatic carbocycles. The Hall–Kier alpha value is -0.870. The van der Waals surface area contributed by atoms with E-state index in [1.165, 1.54) is 24.3 Å². The molecule has 1 rings (SSSR count). The predicted octanol–water partition coefficient (Wildman–Crippen LogP) is 2.87. The van der Waals surface area contributed by atoms with Crippen molar-refractivity contribution in [2.75, 3.05) is 0 Å². The van der Waals surface area contributed by atoms with Gasteiger partial charge in [0.05, 0.1) is 4.90 Å². The van der Waals surface area contributed by atoms with Crippen molar-refractivity contribution in [2.24, 2.45) is 0 Å². The summed E-state index contributed by atoms with van der Waals surface area (Å²) in [4.78, 5) is 11.0. The van der Waals surface area contributed by atoms with Gasteiger partial charge in [0, 0.05) is 5.02 Å². The summed E-state index contributed by atoms with van der Waals surface area (Å²) in [6.45, 7) is 1.96. The lowest BCUT2D eigenvalue weighted by molar-refractivity contribution is -0.107. The molecule has 1 atom stereocenters. The van der Waals surface area contributed by atoms with Crippen molar-refractivity contribution in [3.05, 3.63) is 29.3 Å². The molecule has 1 unspecified atom stereocenters. The number of halogens is 1. The van der Waals surface area contributed by atoms with Gasteiger partial charge in [-0.15, -0.1) is 0 Å². The van der Waals surface area contributed by atoms with E-state index in [9.17, 15) is 13.2 Å². The lowest BCUT2D eigenvalue weighted by atomic mass is 10.2. The molecule has 0 aliphatic heterocycles. The number of hydrogen-bond donors (Lipinski definition) is 0. The van der Waals surface area contributed by atoms with Crippen LogP contribution in [0.5, 0.6) is 0 Å². The number of hydrogen-bond acceptors (Lipinski definition) is 3. The highest BCUT2D eigenvalue weighted by Crippen LogP contribution is 2.20. The number of carbonyl (C=O) groups is 1. The number of unbranched alkanes of at least 4 members (excludes halogenated alkanes) is 1. The lowest BCUT2D eigenvalue weighted by Crippen LogP contribution is -2.22. The average Bonchev–Trinajstić information content (AvgIpc) is 2.30. The quantitative estimate of drug-likeness (QED) is 0.750. The van der Waals surface area contributed by atoms with E-state index in [-0.39, 0.29) is 4.90 Å². The molecule has 0 N–H and O–H groups in total. The summed E-state index contributed by atoms with van der Waals surface area (Å²) in [5.41, 5.74) is 0. The maximum absolute atomic E-state index is 12.1. The number of aldehydes is 1. The first-order chi connectivity index (χ1) is 8.02. The molecule has 0 bridgehead atoms. The largest absolute Gasteiger partial charge is 0.302 e. The molecule has 1 aromatic rings. The third kappa shape index (κ3) is 3.54. The van der Waals surface area contributed by atoms with Crippen LogP contribution in [0.15, 0.2) is 29.2 Å². The Balaban J connectivity index is 2.99. The van der Waals surface area contributed by atoms with E-state index in [1.54, 1.807) is 0 Å². The van der Waals surface area contributed by atoms with Crippen LogP contribution in [0.4, 0.5) is 0 Å². The van der Waals surface area contributed by atoms with Crippen molar-refractivity contribution in [1.29, 1.82) is 0 Å². The fourth-order valence-corrected chi connectivity index (χ4v) is 3.11. The van der Waals surface area contributed by atoms with Gasteiger partial charge in [0.2, 0.25) is 0 Å². The first-order valence-electron chi connectivity index (χ1n) is 5.47. The van der Waals surface area contributed by atoms with Crippen molar-refractivity contribution >= 4 is 27.7 Å². The van der Waals surface area contributed by atoms with Gasteiger partial charge in [-0.3, -0.25) is 0 Å². The predicted molar refractivity (Wildman–Crippen MR) is 68.0 cm³/mol. The maximum Gasteiger partial charge on any atom is 0.188 e. The number of benzene rings is 1. The van der Waals surface area contributed by atoms with Gasteiger partial charge in [0.15, 0.2) is 9.84 Å². The van der Waals surface area contributed by atoms with Crippen LogP contribution in [0, 0.1) is 0 Å². The molecule has 0 amide bonds. The molecule has 0 heterocycles. The lowest BCUT2D eigenvalue weighted by Gasteiger charge is -2.11. The standard InChI is InChI=1S/C12H15ClO3S/c1-2-3-4-12(9-14)17(15,16)11-7-5-10(13)6-8-11/h5-9,12H,2-4H2,1H3. The second kappa shape index (κ2) is 6.17. The first kappa shape index (κ1) is 14.2. The van der Waals surface area contributed by atoms with Crippen LogP contribution in [-0.4, -0.2) is 20.0 Å². The Kier molecular flexibility index (Phi) is 5.15. The number of rotatable bonds is 6. The monoisotopic (exact) mass is 274 g/mol. The summed E-state index contributed by atoms with van der Waals surface area (Å²) in [6.07, 6.45) is 2.46. The van der Waals surface area contributed by atoms with Crippen LogP contribution in [0.3, 0.4) is 0 Å². The molecule has 0 spiro atoms. The fourth-order valence-electron chi connectivity index (χ4n) is 1.50. The molecule has 0 fully saturated rings. The molecule has 0 radical (unpaired) electrons. The van der Waals surface area contributed by atoms with E-state index < -0.39 is 15.1 Å². The zero-order valence-corrected chi connectivity index (χ0v) is 11.2. The Morgan fingerprint density at radius 1 is 1.29 bits per heavy atom. The van der Waals surface area contributed by atoms with Crippen LogP contribution in [0.25, 0.3) is 0 Å². The summed E-state index contributed by atoms with van der Waals surface area (Å²) in [6, 6.07) is 5.88. The highest BCUT2D eigenvalue weighted by Gasteiger charge is 2.26. The maximum atomic E-state index is 12.1. The molecule has 3 nitrogen and oxygen atoms in total. The normalized spacial score (nSPS) is 13.3. The minimum absolute atomic E-state index is 0.148. The van der Waals surface area contributed by atoms with E-state index in [4.69, 9.17) is 11.6 Å². The molecular formula is C12H15ClO3S. The van der Waals surface area contributed by atoms with Gasteiger partial charge in [0.1, 0.15) is 11.5 Å². The molecule has 0 aromatic heterocycles. The average molecular weight is 275 g/mol. The van der Waals surface area contributed by atoms with E-state index in [0.717, 1.165) is 12.8 Å². The highest BCUT2D eigenvalue weighted by atomic mass is 35.5.